The molecule has 15 heavy (non-hydrogen) atoms. The number of hydrogen-bond donors (Lipinski definition) is 2. The normalized spacial score (nSPS) is 10.2. The third-order valence-electron chi connectivity index (χ3n) is 1.70. The van der Waals surface area contributed by atoms with Crippen molar-refractivity contribution in [3.8, 4) is 11.5 Å². The molecule has 0 bridgehead atoms. The van der Waals surface area contributed by atoms with Crippen LogP contribution in [0.1, 0.15) is 10.5 Å². The molecule has 2 rings (SSSR count). The van der Waals surface area contributed by atoms with Gasteiger partial charge in [0.1, 0.15) is 5.69 Å². The highest BCUT2D eigenvalue weighted by Gasteiger charge is 2.14. The summed E-state index contributed by atoms with van der Waals surface area (Å²) in [4.78, 5) is 14.7. The molecular formula is C8H7N3O3S. The first-order valence-corrected chi connectivity index (χ1v) is 4.92. The van der Waals surface area contributed by atoms with Crippen molar-refractivity contribution < 1.29 is 14.4 Å². The second kappa shape index (κ2) is 3.70. The fourth-order valence-corrected chi connectivity index (χ4v) is 1.66. The van der Waals surface area contributed by atoms with Crippen molar-refractivity contribution in [2.24, 2.45) is 0 Å². The van der Waals surface area contributed by atoms with Crippen LogP contribution >= 0.6 is 11.3 Å². The zero-order valence-electron chi connectivity index (χ0n) is 7.72. The third-order valence-corrected chi connectivity index (χ3v) is 2.56. The summed E-state index contributed by atoms with van der Waals surface area (Å²) in [5, 5.41) is 17.4. The first kappa shape index (κ1) is 9.66. The highest BCUT2D eigenvalue weighted by Crippen LogP contribution is 2.24. The number of thiazole rings is 1. The van der Waals surface area contributed by atoms with Crippen LogP contribution in [0.25, 0.3) is 11.5 Å². The molecule has 0 amide bonds. The lowest BCUT2D eigenvalue weighted by molar-refractivity contribution is 0.0686. The number of hydrogen-bond acceptors (Lipinski definition) is 6. The first-order valence-electron chi connectivity index (χ1n) is 4.04. The van der Waals surface area contributed by atoms with E-state index in [1.807, 2.05) is 0 Å². The van der Waals surface area contributed by atoms with Crippen LogP contribution in [0.2, 0.25) is 0 Å². The number of aromatic carboxylic acids is 1. The number of nitrogens with zero attached hydrogens (tertiary/aromatic N) is 2. The molecule has 0 aromatic carbocycles. The SMILES string of the molecule is CNc1nc(-c2cc(C(=O)O)no2)cs1. The summed E-state index contributed by atoms with van der Waals surface area (Å²) in [5.74, 6) is -0.765. The fourth-order valence-electron chi connectivity index (χ4n) is 0.998. The molecule has 0 atom stereocenters. The lowest BCUT2D eigenvalue weighted by Crippen LogP contribution is -1.94. The number of nitrogens with one attached hydrogen (secondary N) is 1. The molecule has 7 heteroatoms. The Morgan fingerprint density at radius 2 is 2.47 bits per heavy atom. The summed E-state index contributed by atoms with van der Waals surface area (Å²) in [6.07, 6.45) is 0. The Hall–Kier alpha value is -1.89. The molecule has 2 N–H and O–H groups in total. The van der Waals surface area contributed by atoms with Crippen LogP contribution in [0.15, 0.2) is 16.0 Å². The van der Waals surface area contributed by atoms with Gasteiger partial charge in [-0.3, -0.25) is 0 Å². The van der Waals surface area contributed by atoms with Gasteiger partial charge in [-0.2, -0.15) is 0 Å². The van der Waals surface area contributed by atoms with E-state index in [-0.39, 0.29) is 5.69 Å². The van der Waals surface area contributed by atoms with Gasteiger partial charge in [0.25, 0.3) is 0 Å². The smallest absolute Gasteiger partial charge is 0.358 e. The standard InChI is InChI=1S/C8H7N3O3S/c1-9-8-10-5(3-15-8)6-2-4(7(12)13)11-14-6/h2-3H,1H3,(H,9,10)(H,12,13). The number of carboxylic acid groups (broad SMARTS) is 1. The largest absolute Gasteiger partial charge is 0.476 e. The molecule has 0 aliphatic carbocycles. The van der Waals surface area contributed by atoms with E-state index in [4.69, 9.17) is 9.63 Å². The van der Waals surface area contributed by atoms with Crippen molar-refractivity contribution in [3.63, 3.8) is 0 Å². The molecular weight excluding hydrogens is 218 g/mol. The second-order valence-corrected chi connectivity index (χ2v) is 3.53. The minimum atomic E-state index is -1.12. The maximum atomic E-state index is 10.6. The maximum Gasteiger partial charge on any atom is 0.358 e. The van der Waals surface area contributed by atoms with E-state index in [0.717, 1.165) is 5.13 Å². The highest BCUT2D eigenvalue weighted by atomic mass is 32.1. The topological polar surface area (TPSA) is 88.2 Å². The van der Waals surface area contributed by atoms with Crippen molar-refractivity contribution >= 4 is 22.4 Å². The van der Waals surface area contributed by atoms with Gasteiger partial charge < -0.3 is 14.9 Å². The van der Waals surface area contributed by atoms with Crippen LogP contribution < -0.4 is 5.32 Å². The van der Waals surface area contributed by atoms with Crippen molar-refractivity contribution in [2.45, 2.75) is 0 Å². The minimum Gasteiger partial charge on any atom is -0.476 e. The second-order valence-electron chi connectivity index (χ2n) is 2.67. The monoisotopic (exact) mass is 225 g/mol. The van der Waals surface area contributed by atoms with E-state index in [0.29, 0.717) is 11.5 Å². The zero-order valence-corrected chi connectivity index (χ0v) is 8.54. The van der Waals surface area contributed by atoms with E-state index in [2.05, 4.69) is 15.5 Å². The van der Waals surface area contributed by atoms with Crippen LogP contribution in [0.4, 0.5) is 5.13 Å². The molecule has 0 radical (unpaired) electrons. The molecule has 0 saturated heterocycles. The summed E-state index contributed by atoms with van der Waals surface area (Å²) in [6, 6.07) is 1.34. The molecule has 0 saturated carbocycles. The summed E-state index contributed by atoms with van der Waals surface area (Å²) in [7, 11) is 1.76. The molecule has 0 fully saturated rings. The van der Waals surface area contributed by atoms with Gasteiger partial charge in [-0.15, -0.1) is 11.3 Å². The number of anilines is 1. The molecule has 78 valence electrons. The summed E-state index contributed by atoms with van der Waals surface area (Å²) in [5.41, 5.74) is 0.452. The predicted molar refractivity (Wildman–Crippen MR) is 54.1 cm³/mol. The van der Waals surface area contributed by atoms with Crippen LogP contribution in [0.5, 0.6) is 0 Å². The molecule has 0 spiro atoms. The van der Waals surface area contributed by atoms with E-state index in [1.165, 1.54) is 17.4 Å². The van der Waals surface area contributed by atoms with Gasteiger partial charge in [0.15, 0.2) is 16.6 Å². The lowest BCUT2D eigenvalue weighted by atomic mass is 10.3. The third kappa shape index (κ3) is 1.82. The van der Waals surface area contributed by atoms with Gasteiger partial charge in [0, 0.05) is 18.5 Å². The Balaban J connectivity index is 2.32. The van der Waals surface area contributed by atoms with Gasteiger partial charge in [-0.25, -0.2) is 9.78 Å². The van der Waals surface area contributed by atoms with Gasteiger partial charge in [-0.1, -0.05) is 5.16 Å². The van der Waals surface area contributed by atoms with Crippen LogP contribution in [-0.4, -0.2) is 28.3 Å². The molecule has 0 aliphatic heterocycles. The molecule has 0 unspecified atom stereocenters. The van der Waals surface area contributed by atoms with Crippen LogP contribution in [0.3, 0.4) is 0 Å². The average Bonchev–Trinajstić information content (AvgIpc) is 2.86. The fraction of sp³-hybridized carbons (Fsp3) is 0.125. The molecule has 2 aromatic heterocycles. The Morgan fingerprint density at radius 3 is 3.00 bits per heavy atom. The number of carboxylic acids is 1. The Labute approximate surface area is 88.5 Å². The van der Waals surface area contributed by atoms with Crippen molar-refractivity contribution in [1.29, 1.82) is 0 Å². The molecule has 2 aromatic rings. The average molecular weight is 225 g/mol. The van der Waals surface area contributed by atoms with Crippen molar-refractivity contribution in [1.82, 2.24) is 10.1 Å². The zero-order chi connectivity index (χ0) is 10.8. The van der Waals surface area contributed by atoms with Crippen molar-refractivity contribution in [2.75, 3.05) is 12.4 Å². The lowest BCUT2D eigenvalue weighted by Gasteiger charge is -1.87. The Kier molecular flexibility index (Phi) is 2.38. The number of aromatic nitrogens is 2. The highest BCUT2D eigenvalue weighted by molar-refractivity contribution is 7.14. The van der Waals surface area contributed by atoms with Crippen LogP contribution in [0, 0.1) is 0 Å². The quantitative estimate of drug-likeness (QED) is 0.823. The Morgan fingerprint density at radius 1 is 1.67 bits per heavy atom. The van der Waals surface area contributed by atoms with E-state index < -0.39 is 5.97 Å². The van der Waals surface area contributed by atoms with Crippen molar-refractivity contribution in [3.05, 3.63) is 17.1 Å². The van der Waals surface area contributed by atoms with Gasteiger partial charge in [0.05, 0.1) is 0 Å². The van der Waals surface area contributed by atoms with Crippen LogP contribution in [-0.2, 0) is 0 Å². The summed E-state index contributed by atoms with van der Waals surface area (Å²) >= 11 is 1.40. The maximum absolute atomic E-state index is 10.6. The van der Waals surface area contributed by atoms with Gasteiger partial charge in [-0.05, 0) is 0 Å². The Bertz CT molecular complexity index is 491. The summed E-state index contributed by atoms with van der Waals surface area (Å²) < 4.78 is 4.86. The molecule has 0 aliphatic rings. The van der Waals surface area contributed by atoms with E-state index in [9.17, 15) is 4.79 Å². The predicted octanol–water partition coefficient (Wildman–Crippen LogP) is 1.54. The minimum absolute atomic E-state index is 0.121. The van der Waals surface area contributed by atoms with Gasteiger partial charge in [0.2, 0.25) is 0 Å². The molecule has 2 heterocycles. The van der Waals surface area contributed by atoms with Gasteiger partial charge >= 0.3 is 5.97 Å². The summed E-state index contributed by atoms with van der Waals surface area (Å²) in [6.45, 7) is 0. The van der Waals surface area contributed by atoms with E-state index in [1.54, 1.807) is 12.4 Å². The number of rotatable bonds is 3. The molecule has 6 nitrogen and oxygen atoms in total. The van der Waals surface area contributed by atoms with E-state index >= 15 is 0 Å². The first-order chi connectivity index (χ1) is 7.20. The number of carbonyl (C=O) groups is 1.